The van der Waals surface area contributed by atoms with Gasteiger partial charge < -0.3 is 10.0 Å². The van der Waals surface area contributed by atoms with Gasteiger partial charge >= 0.3 is 5.97 Å². The quantitative estimate of drug-likeness (QED) is 0.852. The molecule has 0 saturated heterocycles. The van der Waals surface area contributed by atoms with Crippen molar-refractivity contribution in [3.8, 4) is 0 Å². The van der Waals surface area contributed by atoms with Crippen LogP contribution in [-0.2, 0) is 4.79 Å². The molecule has 1 atom stereocenters. The first-order valence-electron chi connectivity index (χ1n) is 5.38. The van der Waals surface area contributed by atoms with Crippen molar-refractivity contribution in [2.45, 2.75) is 33.7 Å². The van der Waals surface area contributed by atoms with Gasteiger partial charge in [0, 0.05) is 12.7 Å². The van der Waals surface area contributed by atoms with E-state index in [0.29, 0.717) is 0 Å². The van der Waals surface area contributed by atoms with Crippen LogP contribution in [0.25, 0.3) is 0 Å². The number of likely N-dealkylation sites (N-methyl/N-ethyl adjacent to an activating group) is 1. The molecule has 3 heteroatoms. The van der Waals surface area contributed by atoms with Crippen molar-refractivity contribution < 1.29 is 9.90 Å². The highest BCUT2D eigenvalue weighted by atomic mass is 16.4. The lowest BCUT2D eigenvalue weighted by molar-refractivity contribution is -0.138. The third-order valence-corrected chi connectivity index (χ3v) is 3.13. The van der Waals surface area contributed by atoms with Gasteiger partial charge in [-0.05, 0) is 50.5 Å². The maximum atomic E-state index is 10.9. The average molecular weight is 221 g/mol. The molecule has 0 spiro atoms. The largest absolute Gasteiger partial charge is 0.480 e. The first-order valence-corrected chi connectivity index (χ1v) is 5.38. The average Bonchev–Trinajstić information content (AvgIpc) is 2.21. The summed E-state index contributed by atoms with van der Waals surface area (Å²) in [5, 5.41) is 8.99. The van der Waals surface area contributed by atoms with Crippen LogP contribution in [0.1, 0.15) is 23.6 Å². The van der Waals surface area contributed by atoms with Crippen molar-refractivity contribution in [1.29, 1.82) is 0 Å². The molecule has 0 fully saturated rings. The Hall–Kier alpha value is -1.51. The molecule has 0 radical (unpaired) electrons. The van der Waals surface area contributed by atoms with Crippen molar-refractivity contribution >= 4 is 11.7 Å². The smallest absolute Gasteiger partial charge is 0.326 e. The van der Waals surface area contributed by atoms with Crippen molar-refractivity contribution in [2.24, 2.45) is 0 Å². The number of hydrogen-bond donors (Lipinski definition) is 1. The first-order chi connectivity index (χ1) is 7.34. The summed E-state index contributed by atoms with van der Waals surface area (Å²) in [6.07, 6.45) is 0. The molecule has 0 heterocycles. The maximum Gasteiger partial charge on any atom is 0.326 e. The number of aryl methyl sites for hydroxylation is 3. The van der Waals surface area contributed by atoms with E-state index in [9.17, 15) is 4.79 Å². The lowest BCUT2D eigenvalue weighted by atomic mass is 10.0. The minimum atomic E-state index is -0.805. The van der Waals surface area contributed by atoms with Crippen molar-refractivity contribution in [1.82, 2.24) is 0 Å². The van der Waals surface area contributed by atoms with Crippen LogP contribution in [0.2, 0.25) is 0 Å². The highest BCUT2D eigenvalue weighted by molar-refractivity contribution is 5.78. The molecule has 0 aliphatic heterocycles. The standard InChI is InChI=1S/C13H19NO2/c1-8-6-10(3)12(7-9(8)2)14(5)11(4)13(15)16/h6-7,11H,1-5H3,(H,15,16). The Morgan fingerprint density at radius 2 is 1.69 bits per heavy atom. The third kappa shape index (κ3) is 2.35. The van der Waals surface area contributed by atoms with E-state index in [1.165, 1.54) is 11.1 Å². The summed E-state index contributed by atoms with van der Waals surface area (Å²) < 4.78 is 0. The van der Waals surface area contributed by atoms with E-state index in [1.54, 1.807) is 11.8 Å². The summed E-state index contributed by atoms with van der Waals surface area (Å²) in [6.45, 7) is 7.80. The van der Waals surface area contributed by atoms with Crippen LogP contribution in [0, 0.1) is 20.8 Å². The van der Waals surface area contributed by atoms with Gasteiger partial charge in [0.2, 0.25) is 0 Å². The fourth-order valence-corrected chi connectivity index (χ4v) is 1.70. The summed E-state index contributed by atoms with van der Waals surface area (Å²) in [7, 11) is 1.82. The van der Waals surface area contributed by atoms with E-state index in [2.05, 4.69) is 13.0 Å². The van der Waals surface area contributed by atoms with Crippen LogP contribution >= 0.6 is 0 Å². The van der Waals surface area contributed by atoms with Crippen LogP contribution in [0.4, 0.5) is 5.69 Å². The molecule has 0 amide bonds. The number of anilines is 1. The lowest BCUT2D eigenvalue weighted by Crippen LogP contribution is -2.36. The predicted octanol–water partition coefficient (Wildman–Crippen LogP) is 2.52. The lowest BCUT2D eigenvalue weighted by Gasteiger charge is -2.26. The van der Waals surface area contributed by atoms with Crippen LogP contribution in [0.15, 0.2) is 12.1 Å². The Bertz CT molecular complexity index is 413. The Morgan fingerprint density at radius 1 is 1.19 bits per heavy atom. The van der Waals surface area contributed by atoms with Gasteiger partial charge in [-0.25, -0.2) is 4.79 Å². The molecule has 0 aliphatic carbocycles. The number of benzene rings is 1. The molecule has 0 aromatic heterocycles. The number of carboxylic acids is 1. The molecular weight excluding hydrogens is 202 g/mol. The molecule has 1 N–H and O–H groups in total. The molecule has 1 unspecified atom stereocenters. The fourth-order valence-electron chi connectivity index (χ4n) is 1.70. The van der Waals surface area contributed by atoms with Crippen LogP contribution in [0.3, 0.4) is 0 Å². The number of aliphatic carboxylic acids is 1. The summed E-state index contributed by atoms with van der Waals surface area (Å²) in [5.41, 5.74) is 4.51. The summed E-state index contributed by atoms with van der Waals surface area (Å²) >= 11 is 0. The second-order valence-electron chi connectivity index (χ2n) is 4.35. The fraction of sp³-hybridized carbons (Fsp3) is 0.462. The van der Waals surface area contributed by atoms with Crippen molar-refractivity contribution in [2.75, 3.05) is 11.9 Å². The molecule has 88 valence electrons. The SMILES string of the molecule is Cc1cc(C)c(N(C)C(C)C(=O)O)cc1C. The van der Waals surface area contributed by atoms with E-state index < -0.39 is 12.0 Å². The molecule has 0 saturated carbocycles. The number of rotatable bonds is 3. The number of hydrogen-bond acceptors (Lipinski definition) is 2. The van der Waals surface area contributed by atoms with Crippen LogP contribution < -0.4 is 4.90 Å². The van der Waals surface area contributed by atoms with Gasteiger partial charge in [0.05, 0.1) is 0 Å². The molecule has 1 aromatic rings. The highest BCUT2D eigenvalue weighted by Crippen LogP contribution is 2.24. The summed E-state index contributed by atoms with van der Waals surface area (Å²) in [4.78, 5) is 12.7. The number of carboxylic acid groups (broad SMARTS) is 1. The van der Waals surface area contributed by atoms with E-state index >= 15 is 0 Å². The second-order valence-corrected chi connectivity index (χ2v) is 4.35. The number of nitrogens with zero attached hydrogens (tertiary/aromatic N) is 1. The molecule has 3 nitrogen and oxygen atoms in total. The van der Waals surface area contributed by atoms with Crippen molar-refractivity contribution in [3.05, 3.63) is 28.8 Å². The molecule has 1 aromatic carbocycles. The Labute approximate surface area is 96.7 Å². The van der Waals surface area contributed by atoms with Gasteiger partial charge in [-0.3, -0.25) is 0 Å². The van der Waals surface area contributed by atoms with Gasteiger partial charge in [0.25, 0.3) is 0 Å². The Balaban J connectivity index is 3.13. The summed E-state index contributed by atoms with van der Waals surface area (Å²) in [5.74, 6) is -0.805. The highest BCUT2D eigenvalue weighted by Gasteiger charge is 2.18. The Morgan fingerprint density at radius 3 is 2.19 bits per heavy atom. The zero-order chi connectivity index (χ0) is 12.5. The van der Waals surface area contributed by atoms with Gasteiger partial charge in [-0.1, -0.05) is 6.07 Å². The van der Waals surface area contributed by atoms with Crippen molar-refractivity contribution in [3.63, 3.8) is 0 Å². The van der Waals surface area contributed by atoms with E-state index in [-0.39, 0.29) is 0 Å². The molecule has 1 rings (SSSR count). The van der Waals surface area contributed by atoms with Crippen LogP contribution in [-0.4, -0.2) is 24.2 Å². The Kier molecular flexibility index (Phi) is 3.58. The zero-order valence-electron chi connectivity index (χ0n) is 10.5. The molecular formula is C13H19NO2. The van der Waals surface area contributed by atoms with Crippen LogP contribution in [0.5, 0.6) is 0 Å². The van der Waals surface area contributed by atoms with Gasteiger partial charge in [0.15, 0.2) is 0 Å². The van der Waals surface area contributed by atoms with Gasteiger partial charge in [-0.2, -0.15) is 0 Å². The first kappa shape index (κ1) is 12.6. The minimum Gasteiger partial charge on any atom is -0.480 e. The predicted molar refractivity (Wildman–Crippen MR) is 66.2 cm³/mol. The van der Waals surface area contributed by atoms with E-state index in [4.69, 9.17) is 5.11 Å². The zero-order valence-corrected chi connectivity index (χ0v) is 10.5. The maximum absolute atomic E-state index is 10.9. The topological polar surface area (TPSA) is 40.5 Å². The monoisotopic (exact) mass is 221 g/mol. The van der Waals surface area contributed by atoms with E-state index in [0.717, 1.165) is 11.3 Å². The van der Waals surface area contributed by atoms with Gasteiger partial charge in [0.1, 0.15) is 6.04 Å². The minimum absolute atomic E-state index is 0.513. The number of carbonyl (C=O) groups is 1. The molecule has 0 aliphatic rings. The third-order valence-electron chi connectivity index (χ3n) is 3.13. The summed E-state index contributed by atoms with van der Waals surface area (Å²) in [6, 6.07) is 3.63. The molecule has 0 bridgehead atoms. The van der Waals surface area contributed by atoms with Gasteiger partial charge in [-0.15, -0.1) is 0 Å². The normalized spacial score (nSPS) is 12.3. The molecule has 16 heavy (non-hydrogen) atoms. The second kappa shape index (κ2) is 4.56. The van der Waals surface area contributed by atoms with E-state index in [1.807, 2.05) is 27.0 Å².